The fraction of sp³-hybridized carbons (Fsp3) is 0.357. The van der Waals surface area contributed by atoms with Gasteiger partial charge in [0.2, 0.25) is 0 Å². The third kappa shape index (κ3) is 8.72. The molecule has 0 unspecified atom stereocenters. The van der Waals surface area contributed by atoms with Gasteiger partial charge in [-0.25, -0.2) is 19.6 Å². The number of likely N-dealkylation sites (tertiary alicyclic amines) is 1. The van der Waals surface area contributed by atoms with Gasteiger partial charge in [0, 0.05) is 43.5 Å². The van der Waals surface area contributed by atoms with Gasteiger partial charge < -0.3 is 15.1 Å². The SMILES string of the molecule is CN1CC2(CCN(Cc3ccccn3)CC2)c2nc(-c3ccccc3)ncc2C1=O.O=C(O)C(F)(F)F.O=C(O)C(F)(F)F. The summed E-state index contributed by atoms with van der Waals surface area (Å²) in [7, 11) is 1.89. The quantitative estimate of drug-likeness (QED) is 0.405. The van der Waals surface area contributed by atoms with E-state index < -0.39 is 24.3 Å². The van der Waals surface area contributed by atoms with E-state index >= 15 is 0 Å². The van der Waals surface area contributed by atoms with E-state index in [4.69, 9.17) is 24.8 Å². The summed E-state index contributed by atoms with van der Waals surface area (Å²) < 4.78 is 63.5. The Morgan fingerprint density at radius 2 is 1.43 bits per heavy atom. The highest BCUT2D eigenvalue weighted by atomic mass is 19.4. The van der Waals surface area contributed by atoms with Crippen molar-refractivity contribution in [3.05, 3.63) is 77.9 Å². The van der Waals surface area contributed by atoms with Gasteiger partial charge in [-0.15, -0.1) is 0 Å². The highest BCUT2D eigenvalue weighted by Crippen LogP contribution is 2.41. The van der Waals surface area contributed by atoms with Gasteiger partial charge in [0.15, 0.2) is 5.82 Å². The zero-order valence-electron chi connectivity index (χ0n) is 23.1. The number of carboxylic acids is 2. The first-order valence-corrected chi connectivity index (χ1v) is 12.9. The number of pyridine rings is 1. The lowest BCUT2D eigenvalue weighted by atomic mass is 9.71. The molecular weight excluding hydrogens is 600 g/mol. The number of rotatable bonds is 3. The van der Waals surface area contributed by atoms with Crippen molar-refractivity contribution in [3.8, 4) is 11.4 Å². The van der Waals surface area contributed by atoms with E-state index in [1.165, 1.54) is 0 Å². The molecule has 16 heteroatoms. The highest BCUT2D eigenvalue weighted by Gasteiger charge is 2.46. The molecule has 2 N–H and O–H groups in total. The Labute approximate surface area is 247 Å². The molecule has 1 fully saturated rings. The number of amides is 1. The van der Waals surface area contributed by atoms with Crippen molar-refractivity contribution >= 4 is 17.8 Å². The largest absolute Gasteiger partial charge is 0.490 e. The van der Waals surface area contributed by atoms with Gasteiger partial charge in [0.05, 0.1) is 17.0 Å². The van der Waals surface area contributed by atoms with Crippen LogP contribution in [0.4, 0.5) is 26.3 Å². The van der Waals surface area contributed by atoms with Crippen LogP contribution in [0.25, 0.3) is 11.4 Å². The summed E-state index contributed by atoms with van der Waals surface area (Å²) in [6, 6.07) is 16.1. The number of halogens is 6. The van der Waals surface area contributed by atoms with Gasteiger partial charge in [-0.05, 0) is 38.1 Å². The minimum atomic E-state index is -5.08. The molecule has 2 aliphatic rings. The average molecular weight is 628 g/mol. The first-order valence-electron chi connectivity index (χ1n) is 12.9. The summed E-state index contributed by atoms with van der Waals surface area (Å²) in [5.74, 6) is -4.80. The minimum absolute atomic E-state index is 0.0196. The number of alkyl halides is 6. The van der Waals surface area contributed by atoms with Gasteiger partial charge in [-0.1, -0.05) is 36.4 Å². The molecule has 5 rings (SSSR count). The Hall–Kier alpha value is -4.60. The van der Waals surface area contributed by atoms with Gasteiger partial charge in [0.1, 0.15) is 0 Å². The number of carbonyl (C=O) groups is 3. The predicted molar refractivity (Wildman–Crippen MR) is 142 cm³/mol. The number of carboxylic acid groups (broad SMARTS) is 2. The lowest BCUT2D eigenvalue weighted by Crippen LogP contribution is -2.53. The molecule has 1 aromatic carbocycles. The Balaban J connectivity index is 0.000000317. The van der Waals surface area contributed by atoms with Crippen LogP contribution in [0, 0.1) is 0 Å². The van der Waals surface area contributed by atoms with Gasteiger partial charge in [-0.2, -0.15) is 26.3 Å². The molecule has 0 atom stereocenters. The highest BCUT2D eigenvalue weighted by molar-refractivity contribution is 5.96. The molecule has 4 heterocycles. The second kappa shape index (κ2) is 13.8. The molecule has 3 aromatic rings. The molecule has 1 amide bonds. The van der Waals surface area contributed by atoms with E-state index in [9.17, 15) is 31.1 Å². The Kier molecular flexibility index (Phi) is 10.6. The summed E-state index contributed by atoms with van der Waals surface area (Å²) in [5.41, 5.74) is 3.54. The van der Waals surface area contributed by atoms with Crippen molar-refractivity contribution in [3.63, 3.8) is 0 Å². The maximum atomic E-state index is 12.8. The molecular formula is C28H27F6N5O5. The van der Waals surface area contributed by atoms with Crippen molar-refractivity contribution in [2.45, 2.75) is 37.2 Å². The standard InChI is InChI=1S/C24H25N5O.2C2HF3O2/c1-28-17-24(10-13-29(14-11-24)16-19-9-5-6-12-25-19)21-20(23(28)30)15-26-22(27-21)18-7-3-2-4-8-18;2*3-2(4,5)1(6)7/h2-9,12,15H,10-11,13-14,16-17H2,1H3;2*(H,6,7). The summed E-state index contributed by atoms with van der Waals surface area (Å²) >= 11 is 0. The summed E-state index contributed by atoms with van der Waals surface area (Å²) in [4.78, 5) is 48.8. The zero-order chi connectivity index (χ0) is 32.7. The number of benzene rings is 1. The number of hydrogen-bond donors (Lipinski definition) is 2. The summed E-state index contributed by atoms with van der Waals surface area (Å²) in [6.07, 6.45) is -4.66. The molecule has 44 heavy (non-hydrogen) atoms. The van der Waals surface area contributed by atoms with E-state index in [2.05, 4.69) is 20.9 Å². The lowest BCUT2D eigenvalue weighted by Gasteiger charge is -2.46. The van der Waals surface area contributed by atoms with Gasteiger partial charge in [0.25, 0.3) is 5.91 Å². The molecule has 0 saturated carbocycles. The van der Waals surface area contributed by atoms with Crippen LogP contribution in [0.3, 0.4) is 0 Å². The van der Waals surface area contributed by atoms with Crippen LogP contribution >= 0.6 is 0 Å². The number of aromatic nitrogens is 3. The smallest absolute Gasteiger partial charge is 0.475 e. The van der Waals surface area contributed by atoms with Gasteiger partial charge in [-0.3, -0.25) is 14.7 Å². The fourth-order valence-corrected chi connectivity index (χ4v) is 4.73. The van der Waals surface area contributed by atoms with E-state index in [1.54, 1.807) is 6.20 Å². The number of fused-ring (bicyclic) bond motifs is 2. The normalized spacial score (nSPS) is 16.2. The molecule has 0 radical (unpaired) electrons. The molecule has 2 aromatic heterocycles. The van der Waals surface area contributed by atoms with Crippen molar-refractivity contribution in [1.29, 1.82) is 0 Å². The van der Waals surface area contributed by atoms with E-state index in [-0.39, 0.29) is 11.3 Å². The van der Waals surface area contributed by atoms with Crippen LogP contribution in [0.1, 0.15) is 34.6 Å². The predicted octanol–water partition coefficient (Wildman–Crippen LogP) is 4.42. The second-order valence-electron chi connectivity index (χ2n) is 9.97. The average Bonchev–Trinajstić information content (AvgIpc) is 2.98. The van der Waals surface area contributed by atoms with Crippen LogP contribution in [0.15, 0.2) is 60.9 Å². The van der Waals surface area contributed by atoms with Gasteiger partial charge >= 0.3 is 24.3 Å². The summed E-state index contributed by atoms with van der Waals surface area (Å²) in [5, 5.41) is 14.2. The van der Waals surface area contributed by atoms with Crippen molar-refractivity contribution in [2.24, 2.45) is 0 Å². The van der Waals surface area contributed by atoms with Crippen LogP contribution in [-0.2, 0) is 21.5 Å². The first kappa shape index (κ1) is 33.9. The Morgan fingerprint density at radius 3 is 1.93 bits per heavy atom. The lowest BCUT2D eigenvalue weighted by molar-refractivity contribution is -0.193. The number of likely N-dealkylation sites (N-methyl/N-ethyl adjacent to an activating group) is 1. The number of carbonyl (C=O) groups excluding carboxylic acids is 1. The van der Waals surface area contributed by atoms with Crippen LogP contribution in [-0.4, -0.2) is 91.8 Å². The van der Waals surface area contributed by atoms with E-state index in [0.717, 1.165) is 49.4 Å². The molecule has 236 valence electrons. The number of hydrogen-bond acceptors (Lipinski definition) is 7. The Bertz CT molecular complexity index is 1420. The number of aliphatic carboxylic acids is 2. The maximum absolute atomic E-state index is 12.8. The molecule has 1 saturated heterocycles. The third-order valence-electron chi connectivity index (χ3n) is 6.85. The van der Waals surface area contributed by atoms with E-state index in [1.807, 2.05) is 60.6 Å². The van der Waals surface area contributed by atoms with Crippen LogP contribution in [0.5, 0.6) is 0 Å². The first-order chi connectivity index (χ1) is 20.5. The maximum Gasteiger partial charge on any atom is 0.490 e. The molecule has 10 nitrogen and oxygen atoms in total. The fourth-order valence-electron chi connectivity index (χ4n) is 4.73. The molecule has 0 bridgehead atoms. The molecule has 0 aliphatic carbocycles. The summed E-state index contributed by atoms with van der Waals surface area (Å²) in [6.45, 7) is 3.49. The van der Waals surface area contributed by atoms with Crippen LogP contribution < -0.4 is 0 Å². The second-order valence-corrected chi connectivity index (χ2v) is 9.97. The van der Waals surface area contributed by atoms with E-state index in [0.29, 0.717) is 17.9 Å². The minimum Gasteiger partial charge on any atom is -0.475 e. The van der Waals surface area contributed by atoms with Crippen molar-refractivity contribution in [2.75, 3.05) is 26.7 Å². The van der Waals surface area contributed by atoms with Crippen LogP contribution in [0.2, 0.25) is 0 Å². The topological polar surface area (TPSA) is 137 Å². The third-order valence-corrected chi connectivity index (χ3v) is 6.85. The Morgan fingerprint density at radius 1 is 0.886 bits per heavy atom. The number of nitrogens with zero attached hydrogens (tertiary/aromatic N) is 5. The van der Waals surface area contributed by atoms with Crippen molar-refractivity contribution < 1.29 is 50.9 Å². The van der Waals surface area contributed by atoms with Crippen molar-refractivity contribution in [1.82, 2.24) is 24.8 Å². The molecule has 2 aliphatic heterocycles. The number of piperidine rings is 1. The zero-order valence-corrected chi connectivity index (χ0v) is 23.1. The monoisotopic (exact) mass is 627 g/mol. The molecule has 1 spiro atoms.